The van der Waals surface area contributed by atoms with E-state index in [-0.39, 0.29) is 17.6 Å². The molecule has 0 spiro atoms. The number of carbonyl (C=O) groups is 1. The minimum atomic E-state index is -0.370. The van der Waals surface area contributed by atoms with Gasteiger partial charge in [0.2, 0.25) is 0 Å². The average Bonchev–Trinajstić information content (AvgIpc) is 2.86. The molecule has 2 aromatic heterocycles. The number of nitrogens with zero attached hydrogens (tertiary/aromatic N) is 2. The van der Waals surface area contributed by atoms with Crippen molar-refractivity contribution in [1.29, 1.82) is 0 Å². The lowest BCUT2D eigenvalue weighted by molar-refractivity contribution is 0.129. The summed E-state index contributed by atoms with van der Waals surface area (Å²) in [7, 11) is 0. The molecule has 3 N–H and O–H groups in total. The molecule has 1 atom stereocenters. The molecule has 0 fully saturated rings. The predicted molar refractivity (Wildman–Crippen MR) is 90.4 cm³/mol. The monoisotopic (exact) mass is 318 g/mol. The van der Waals surface area contributed by atoms with E-state index >= 15 is 0 Å². The third-order valence-corrected chi connectivity index (χ3v) is 3.66. The smallest absolute Gasteiger partial charge is 0.314 e. The van der Waals surface area contributed by atoms with Gasteiger partial charge in [-0.15, -0.1) is 0 Å². The van der Waals surface area contributed by atoms with Crippen molar-refractivity contribution in [3.05, 3.63) is 36.3 Å². The molecule has 2 aromatic rings. The van der Waals surface area contributed by atoms with Crippen LogP contribution in [0.5, 0.6) is 0 Å². The van der Waals surface area contributed by atoms with Crippen LogP contribution in [-0.4, -0.2) is 39.7 Å². The second-order valence-electron chi connectivity index (χ2n) is 6.78. The van der Waals surface area contributed by atoms with E-state index in [1.807, 2.05) is 48.8 Å². The van der Waals surface area contributed by atoms with Crippen molar-refractivity contribution in [2.45, 2.75) is 39.7 Å². The lowest BCUT2D eigenvalue weighted by Gasteiger charge is -2.26. The number of aliphatic hydroxyl groups excluding tert-OH is 1. The highest BCUT2D eigenvalue weighted by Crippen LogP contribution is 2.20. The summed E-state index contributed by atoms with van der Waals surface area (Å²) in [6.45, 7) is 6.87. The highest BCUT2D eigenvalue weighted by molar-refractivity contribution is 5.73. The van der Waals surface area contributed by atoms with Gasteiger partial charge >= 0.3 is 6.03 Å². The third-order valence-electron chi connectivity index (χ3n) is 3.66. The first-order chi connectivity index (χ1) is 10.9. The number of amides is 2. The minimum Gasteiger partial charge on any atom is -0.393 e. The number of urea groups is 1. The molecule has 0 radical (unpaired) electrons. The van der Waals surface area contributed by atoms with Crippen molar-refractivity contribution < 1.29 is 9.90 Å². The Kier molecular flexibility index (Phi) is 5.60. The van der Waals surface area contributed by atoms with Crippen LogP contribution in [-0.2, 0) is 6.42 Å². The zero-order valence-corrected chi connectivity index (χ0v) is 14.0. The number of fused-ring (bicyclic) bond motifs is 1. The van der Waals surface area contributed by atoms with Crippen LogP contribution in [0.25, 0.3) is 5.65 Å². The molecule has 2 amide bonds. The highest BCUT2D eigenvalue weighted by Gasteiger charge is 2.20. The second kappa shape index (κ2) is 7.46. The number of hydrogen-bond acceptors (Lipinski definition) is 3. The molecule has 1 unspecified atom stereocenters. The topological polar surface area (TPSA) is 78.7 Å². The molecular weight excluding hydrogens is 292 g/mol. The number of aliphatic hydroxyl groups is 1. The number of imidazole rings is 1. The zero-order valence-electron chi connectivity index (χ0n) is 14.0. The molecule has 0 aliphatic heterocycles. The quantitative estimate of drug-likeness (QED) is 0.730. The fraction of sp³-hybridized carbons (Fsp3) is 0.529. The van der Waals surface area contributed by atoms with Crippen molar-refractivity contribution in [3.63, 3.8) is 0 Å². The summed E-state index contributed by atoms with van der Waals surface area (Å²) in [6, 6.07) is 5.67. The first-order valence-electron chi connectivity index (χ1n) is 7.98. The standard InChI is InChI=1S/C17H26N4O2/c1-13(22)10-17(2,3)12-19-16(23)18-8-7-14-11-21-9-5-4-6-15(21)20-14/h4-6,9,11,13,22H,7-8,10,12H2,1-3H3,(H2,18,19,23). The Morgan fingerprint density at radius 1 is 1.39 bits per heavy atom. The molecule has 2 heterocycles. The Labute approximate surface area is 136 Å². The van der Waals surface area contributed by atoms with E-state index in [0.717, 1.165) is 11.3 Å². The first-order valence-corrected chi connectivity index (χ1v) is 7.98. The Morgan fingerprint density at radius 3 is 2.87 bits per heavy atom. The van der Waals surface area contributed by atoms with Crippen LogP contribution in [0.2, 0.25) is 0 Å². The van der Waals surface area contributed by atoms with Crippen molar-refractivity contribution in [1.82, 2.24) is 20.0 Å². The summed E-state index contributed by atoms with van der Waals surface area (Å²) in [4.78, 5) is 16.3. The summed E-state index contributed by atoms with van der Waals surface area (Å²) >= 11 is 0. The maximum Gasteiger partial charge on any atom is 0.314 e. The molecule has 23 heavy (non-hydrogen) atoms. The molecular formula is C17H26N4O2. The highest BCUT2D eigenvalue weighted by atomic mass is 16.3. The Balaban J connectivity index is 1.72. The molecule has 0 aromatic carbocycles. The molecule has 0 bridgehead atoms. The molecule has 0 aliphatic carbocycles. The van der Waals surface area contributed by atoms with Crippen molar-refractivity contribution in [3.8, 4) is 0 Å². The van der Waals surface area contributed by atoms with E-state index in [4.69, 9.17) is 0 Å². The summed E-state index contributed by atoms with van der Waals surface area (Å²) in [5.74, 6) is 0. The maximum atomic E-state index is 11.8. The van der Waals surface area contributed by atoms with Crippen LogP contribution in [0.3, 0.4) is 0 Å². The summed E-state index contributed by atoms with van der Waals surface area (Å²) < 4.78 is 1.97. The van der Waals surface area contributed by atoms with Gasteiger partial charge < -0.3 is 20.1 Å². The van der Waals surface area contributed by atoms with E-state index in [2.05, 4.69) is 15.6 Å². The SMILES string of the molecule is CC(O)CC(C)(C)CNC(=O)NCCc1cn2ccccc2n1. The van der Waals surface area contributed by atoms with Gasteiger partial charge in [0.1, 0.15) is 5.65 Å². The van der Waals surface area contributed by atoms with Gasteiger partial charge in [-0.1, -0.05) is 19.9 Å². The van der Waals surface area contributed by atoms with Gasteiger partial charge in [0, 0.05) is 31.9 Å². The Morgan fingerprint density at radius 2 is 2.17 bits per heavy atom. The van der Waals surface area contributed by atoms with Gasteiger partial charge in [0.15, 0.2) is 0 Å². The second-order valence-corrected chi connectivity index (χ2v) is 6.78. The Hall–Kier alpha value is -2.08. The molecule has 0 saturated carbocycles. The normalized spacial score (nSPS) is 13.0. The van der Waals surface area contributed by atoms with Crippen molar-refractivity contribution >= 4 is 11.7 Å². The van der Waals surface area contributed by atoms with Crippen LogP contribution in [0.15, 0.2) is 30.6 Å². The molecule has 126 valence electrons. The maximum absolute atomic E-state index is 11.8. The number of rotatable bonds is 7. The van der Waals surface area contributed by atoms with E-state index < -0.39 is 0 Å². The van der Waals surface area contributed by atoms with Gasteiger partial charge in [-0.25, -0.2) is 9.78 Å². The molecule has 6 nitrogen and oxygen atoms in total. The average molecular weight is 318 g/mol. The van der Waals surface area contributed by atoms with Crippen LogP contribution in [0, 0.1) is 5.41 Å². The largest absolute Gasteiger partial charge is 0.393 e. The molecule has 0 saturated heterocycles. The number of pyridine rings is 1. The van der Waals surface area contributed by atoms with E-state index in [1.54, 1.807) is 6.92 Å². The van der Waals surface area contributed by atoms with Crippen molar-refractivity contribution in [2.24, 2.45) is 5.41 Å². The number of hydrogen-bond donors (Lipinski definition) is 3. The van der Waals surface area contributed by atoms with Crippen LogP contribution in [0.1, 0.15) is 32.9 Å². The molecule has 2 rings (SSSR count). The van der Waals surface area contributed by atoms with E-state index in [0.29, 0.717) is 25.9 Å². The summed E-state index contributed by atoms with van der Waals surface area (Å²) in [6.07, 6.45) is 4.89. The molecule has 0 aliphatic rings. The van der Waals surface area contributed by atoms with Crippen LogP contribution in [0.4, 0.5) is 4.79 Å². The summed E-state index contributed by atoms with van der Waals surface area (Å²) in [5, 5.41) is 15.1. The van der Waals surface area contributed by atoms with Crippen molar-refractivity contribution in [2.75, 3.05) is 13.1 Å². The fourth-order valence-corrected chi connectivity index (χ4v) is 2.67. The van der Waals surface area contributed by atoms with E-state index in [9.17, 15) is 9.90 Å². The fourth-order valence-electron chi connectivity index (χ4n) is 2.67. The van der Waals surface area contributed by atoms with Crippen LogP contribution >= 0.6 is 0 Å². The van der Waals surface area contributed by atoms with Gasteiger partial charge in [-0.3, -0.25) is 0 Å². The number of nitrogens with one attached hydrogen (secondary N) is 2. The van der Waals surface area contributed by atoms with Gasteiger partial charge in [0.25, 0.3) is 0 Å². The zero-order chi connectivity index (χ0) is 16.9. The van der Waals surface area contributed by atoms with Gasteiger partial charge in [0.05, 0.1) is 11.8 Å². The first kappa shape index (κ1) is 17.3. The lowest BCUT2D eigenvalue weighted by atomic mass is 9.87. The van der Waals surface area contributed by atoms with Gasteiger partial charge in [-0.05, 0) is 30.9 Å². The van der Waals surface area contributed by atoms with E-state index in [1.165, 1.54) is 0 Å². The number of aromatic nitrogens is 2. The Bertz CT molecular complexity index is 616. The summed E-state index contributed by atoms with van der Waals surface area (Å²) in [5.41, 5.74) is 1.73. The van der Waals surface area contributed by atoms with Gasteiger partial charge in [-0.2, -0.15) is 0 Å². The number of carbonyl (C=O) groups excluding carboxylic acids is 1. The predicted octanol–water partition coefficient (Wildman–Crippen LogP) is 1.97. The van der Waals surface area contributed by atoms with Crippen LogP contribution < -0.4 is 10.6 Å². The molecule has 6 heteroatoms. The third kappa shape index (κ3) is 5.56. The minimum absolute atomic E-state index is 0.132. The lowest BCUT2D eigenvalue weighted by Crippen LogP contribution is -2.42.